The highest BCUT2D eigenvalue weighted by atomic mass is 16.2. The predicted octanol–water partition coefficient (Wildman–Crippen LogP) is 0.969. The quantitative estimate of drug-likeness (QED) is 0.684. The van der Waals surface area contributed by atoms with Crippen molar-refractivity contribution in [3.8, 4) is 0 Å². The van der Waals surface area contributed by atoms with E-state index in [1.807, 2.05) is 20.8 Å². The number of hydrogen-bond acceptors (Lipinski definition) is 2. The van der Waals surface area contributed by atoms with Crippen LogP contribution in [0, 0.1) is 5.92 Å². The van der Waals surface area contributed by atoms with Gasteiger partial charge in [0.05, 0.1) is 0 Å². The molecule has 0 atom stereocenters. The number of rotatable bonds is 5. The van der Waals surface area contributed by atoms with Gasteiger partial charge in [-0.25, -0.2) is 0 Å². The third-order valence-electron chi connectivity index (χ3n) is 2.37. The van der Waals surface area contributed by atoms with E-state index in [2.05, 4.69) is 0 Å². The molecule has 0 saturated carbocycles. The van der Waals surface area contributed by atoms with E-state index in [9.17, 15) is 9.59 Å². The van der Waals surface area contributed by atoms with Gasteiger partial charge in [-0.1, -0.05) is 20.8 Å². The third-order valence-corrected chi connectivity index (χ3v) is 2.37. The maximum absolute atomic E-state index is 11.5. The van der Waals surface area contributed by atoms with Crippen LogP contribution in [0.5, 0.6) is 0 Å². The normalized spacial score (nSPS) is 10.3. The second kappa shape index (κ2) is 6.43. The Balaban J connectivity index is 3.95. The summed E-state index contributed by atoms with van der Waals surface area (Å²) in [5.41, 5.74) is 0. The molecule has 0 fully saturated rings. The number of carbonyl (C=O) groups excluding carboxylic acids is 2. The minimum absolute atomic E-state index is 0.0159. The standard InChI is InChI=1S/C11H22N2O2/c1-6-10(14)12(4)7-8-13(5)11(15)9(2)3/h9H,6-8H2,1-5H3. The van der Waals surface area contributed by atoms with Crippen LogP contribution in [-0.2, 0) is 9.59 Å². The summed E-state index contributed by atoms with van der Waals surface area (Å²) < 4.78 is 0. The van der Waals surface area contributed by atoms with E-state index in [1.54, 1.807) is 23.9 Å². The van der Waals surface area contributed by atoms with Gasteiger partial charge in [0.25, 0.3) is 0 Å². The van der Waals surface area contributed by atoms with Crippen molar-refractivity contribution in [1.29, 1.82) is 0 Å². The zero-order valence-electron chi connectivity index (χ0n) is 10.4. The zero-order chi connectivity index (χ0) is 12.0. The van der Waals surface area contributed by atoms with Crippen LogP contribution in [0.25, 0.3) is 0 Å². The number of carbonyl (C=O) groups is 2. The Labute approximate surface area is 92.2 Å². The smallest absolute Gasteiger partial charge is 0.224 e. The van der Waals surface area contributed by atoms with Crippen molar-refractivity contribution >= 4 is 11.8 Å². The molecule has 88 valence electrons. The Morgan fingerprint density at radius 1 is 1.07 bits per heavy atom. The van der Waals surface area contributed by atoms with E-state index in [1.165, 1.54) is 0 Å². The second-order valence-corrected chi connectivity index (χ2v) is 4.08. The molecule has 15 heavy (non-hydrogen) atoms. The van der Waals surface area contributed by atoms with Crippen molar-refractivity contribution in [2.75, 3.05) is 27.2 Å². The van der Waals surface area contributed by atoms with Gasteiger partial charge in [-0.3, -0.25) is 9.59 Å². The SMILES string of the molecule is CCC(=O)N(C)CCN(C)C(=O)C(C)C. The lowest BCUT2D eigenvalue weighted by Gasteiger charge is -2.23. The molecule has 0 heterocycles. The van der Waals surface area contributed by atoms with E-state index in [4.69, 9.17) is 0 Å². The highest BCUT2D eigenvalue weighted by Gasteiger charge is 2.14. The van der Waals surface area contributed by atoms with Crippen LogP contribution in [0.4, 0.5) is 0 Å². The van der Waals surface area contributed by atoms with E-state index < -0.39 is 0 Å². The van der Waals surface area contributed by atoms with Gasteiger partial charge in [-0.15, -0.1) is 0 Å². The molecule has 4 nitrogen and oxygen atoms in total. The number of amides is 2. The molecular formula is C11H22N2O2. The molecule has 0 aliphatic rings. The highest BCUT2D eigenvalue weighted by molar-refractivity contribution is 5.78. The molecule has 0 rings (SSSR count). The summed E-state index contributed by atoms with van der Waals surface area (Å²) in [4.78, 5) is 26.1. The van der Waals surface area contributed by atoms with Gasteiger partial charge in [0, 0.05) is 39.5 Å². The first-order valence-electron chi connectivity index (χ1n) is 5.39. The second-order valence-electron chi connectivity index (χ2n) is 4.08. The van der Waals surface area contributed by atoms with E-state index in [0.717, 1.165) is 0 Å². The summed E-state index contributed by atoms with van der Waals surface area (Å²) >= 11 is 0. The summed E-state index contributed by atoms with van der Waals surface area (Å²) in [6, 6.07) is 0. The maximum Gasteiger partial charge on any atom is 0.224 e. The number of nitrogens with zero attached hydrogens (tertiary/aromatic N) is 2. The van der Waals surface area contributed by atoms with Crippen LogP contribution in [0.3, 0.4) is 0 Å². The fourth-order valence-corrected chi connectivity index (χ4v) is 1.25. The first-order chi connectivity index (χ1) is 6.90. The molecule has 0 saturated heterocycles. The molecule has 0 radical (unpaired) electrons. The minimum Gasteiger partial charge on any atom is -0.344 e. The Morgan fingerprint density at radius 3 is 1.93 bits per heavy atom. The molecule has 0 unspecified atom stereocenters. The lowest BCUT2D eigenvalue weighted by Crippen LogP contribution is -2.38. The Bertz CT molecular complexity index is 227. The van der Waals surface area contributed by atoms with Crippen LogP contribution >= 0.6 is 0 Å². The zero-order valence-corrected chi connectivity index (χ0v) is 10.4. The summed E-state index contributed by atoms with van der Waals surface area (Å²) in [6.07, 6.45) is 0.512. The van der Waals surface area contributed by atoms with E-state index >= 15 is 0 Å². The maximum atomic E-state index is 11.5. The van der Waals surface area contributed by atoms with Crippen molar-refractivity contribution in [3.05, 3.63) is 0 Å². The van der Waals surface area contributed by atoms with Crippen molar-refractivity contribution in [2.45, 2.75) is 27.2 Å². The van der Waals surface area contributed by atoms with Gasteiger partial charge in [-0.2, -0.15) is 0 Å². The molecule has 2 amide bonds. The lowest BCUT2D eigenvalue weighted by molar-refractivity contribution is -0.135. The lowest BCUT2D eigenvalue weighted by atomic mass is 10.2. The van der Waals surface area contributed by atoms with Crippen molar-refractivity contribution in [1.82, 2.24) is 9.80 Å². The molecule has 0 bridgehead atoms. The fraction of sp³-hybridized carbons (Fsp3) is 0.818. The van der Waals surface area contributed by atoms with Gasteiger partial charge in [0.1, 0.15) is 0 Å². The van der Waals surface area contributed by atoms with E-state index in [0.29, 0.717) is 19.5 Å². The monoisotopic (exact) mass is 214 g/mol. The Kier molecular flexibility index (Phi) is 5.97. The van der Waals surface area contributed by atoms with Crippen molar-refractivity contribution in [3.63, 3.8) is 0 Å². The topological polar surface area (TPSA) is 40.6 Å². The minimum atomic E-state index is 0.0159. The van der Waals surface area contributed by atoms with Gasteiger partial charge in [-0.05, 0) is 0 Å². The summed E-state index contributed by atoms with van der Waals surface area (Å²) in [6.45, 7) is 6.78. The van der Waals surface area contributed by atoms with Gasteiger partial charge < -0.3 is 9.80 Å². The largest absolute Gasteiger partial charge is 0.344 e. The van der Waals surface area contributed by atoms with Crippen molar-refractivity contribution < 1.29 is 9.59 Å². The van der Waals surface area contributed by atoms with Crippen molar-refractivity contribution in [2.24, 2.45) is 5.92 Å². The van der Waals surface area contributed by atoms with Crippen LogP contribution in [0.2, 0.25) is 0 Å². The van der Waals surface area contributed by atoms with Crippen LogP contribution in [0.15, 0.2) is 0 Å². The average molecular weight is 214 g/mol. The molecule has 0 aromatic carbocycles. The molecule has 4 heteroatoms. The summed E-state index contributed by atoms with van der Waals surface area (Å²) in [5.74, 6) is 0.245. The molecular weight excluding hydrogens is 192 g/mol. The summed E-state index contributed by atoms with van der Waals surface area (Å²) in [7, 11) is 3.53. The number of likely N-dealkylation sites (N-methyl/N-ethyl adjacent to an activating group) is 2. The van der Waals surface area contributed by atoms with Crippen LogP contribution < -0.4 is 0 Å². The predicted molar refractivity (Wildman–Crippen MR) is 60.4 cm³/mol. The highest BCUT2D eigenvalue weighted by Crippen LogP contribution is 1.99. The molecule has 0 aromatic rings. The molecule has 0 aliphatic heterocycles. The molecule has 0 N–H and O–H groups in total. The first-order valence-corrected chi connectivity index (χ1v) is 5.39. The Morgan fingerprint density at radius 2 is 1.53 bits per heavy atom. The third kappa shape index (κ3) is 4.81. The first kappa shape index (κ1) is 13.9. The molecule has 0 aromatic heterocycles. The number of hydrogen-bond donors (Lipinski definition) is 0. The Hall–Kier alpha value is -1.06. The summed E-state index contributed by atoms with van der Waals surface area (Å²) in [5, 5.41) is 0. The fourth-order valence-electron chi connectivity index (χ4n) is 1.25. The average Bonchev–Trinajstić information content (AvgIpc) is 2.22. The van der Waals surface area contributed by atoms with Gasteiger partial charge >= 0.3 is 0 Å². The van der Waals surface area contributed by atoms with Gasteiger partial charge in [0.15, 0.2) is 0 Å². The van der Waals surface area contributed by atoms with Crippen LogP contribution in [0.1, 0.15) is 27.2 Å². The van der Waals surface area contributed by atoms with Crippen LogP contribution in [-0.4, -0.2) is 48.8 Å². The van der Waals surface area contributed by atoms with Gasteiger partial charge in [0.2, 0.25) is 11.8 Å². The molecule has 0 aliphatic carbocycles. The van der Waals surface area contributed by atoms with E-state index in [-0.39, 0.29) is 17.7 Å². The molecule has 0 spiro atoms.